The minimum absolute atomic E-state index is 0.0818. The zero-order valence-electron chi connectivity index (χ0n) is 16.9. The zero-order valence-corrected chi connectivity index (χ0v) is 16.9. The van der Waals surface area contributed by atoms with Crippen LogP contribution in [0.15, 0.2) is 41.0 Å². The SMILES string of the molecule is CCc1ccc(CC)c(C(=O)COC(=O)Cc2coc3cc(C)c(C)cc23)c1. The Kier molecular flexibility index (Phi) is 5.98. The van der Waals surface area contributed by atoms with Crippen molar-refractivity contribution in [1.82, 2.24) is 0 Å². The molecule has 1 aromatic heterocycles. The molecule has 0 aliphatic heterocycles. The molecule has 0 saturated carbocycles. The number of furan rings is 1. The van der Waals surface area contributed by atoms with Crippen molar-refractivity contribution in [3.8, 4) is 0 Å². The maximum absolute atomic E-state index is 12.6. The van der Waals surface area contributed by atoms with Crippen LogP contribution in [0, 0.1) is 13.8 Å². The zero-order chi connectivity index (χ0) is 20.3. The van der Waals surface area contributed by atoms with Crippen LogP contribution < -0.4 is 0 Å². The number of Topliss-reactive ketones (excluding diaryl/α,β-unsaturated/α-hetero) is 1. The Balaban J connectivity index is 1.68. The highest BCUT2D eigenvalue weighted by molar-refractivity contribution is 5.99. The van der Waals surface area contributed by atoms with Gasteiger partial charge in [-0.15, -0.1) is 0 Å². The second-order valence-electron chi connectivity index (χ2n) is 7.15. The van der Waals surface area contributed by atoms with Gasteiger partial charge in [0.1, 0.15) is 5.58 Å². The molecule has 0 amide bonds. The Morgan fingerprint density at radius 3 is 2.43 bits per heavy atom. The Hall–Kier alpha value is -2.88. The lowest BCUT2D eigenvalue weighted by atomic mass is 9.98. The fraction of sp³-hybridized carbons (Fsp3) is 0.333. The molecule has 3 rings (SSSR count). The highest BCUT2D eigenvalue weighted by atomic mass is 16.5. The molecule has 3 aromatic rings. The van der Waals surface area contributed by atoms with E-state index in [-0.39, 0.29) is 18.8 Å². The maximum atomic E-state index is 12.6. The summed E-state index contributed by atoms with van der Waals surface area (Å²) in [6.07, 6.45) is 3.29. The van der Waals surface area contributed by atoms with Gasteiger partial charge in [-0.1, -0.05) is 26.0 Å². The molecule has 0 aliphatic rings. The third-order valence-corrected chi connectivity index (χ3v) is 5.23. The van der Waals surface area contributed by atoms with Gasteiger partial charge in [0.25, 0.3) is 0 Å². The van der Waals surface area contributed by atoms with Gasteiger partial charge >= 0.3 is 5.97 Å². The smallest absolute Gasteiger partial charge is 0.310 e. The largest absolute Gasteiger partial charge is 0.464 e. The molecule has 4 heteroatoms. The highest BCUT2D eigenvalue weighted by Crippen LogP contribution is 2.25. The maximum Gasteiger partial charge on any atom is 0.310 e. The number of fused-ring (bicyclic) bond motifs is 1. The molecule has 146 valence electrons. The molecule has 0 radical (unpaired) electrons. The molecule has 0 saturated heterocycles. The lowest BCUT2D eigenvalue weighted by Gasteiger charge is -2.10. The first kappa shape index (κ1) is 19.9. The van der Waals surface area contributed by atoms with Gasteiger partial charge in [-0.2, -0.15) is 0 Å². The topological polar surface area (TPSA) is 56.5 Å². The summed E-state index contributed by atoms with van der Waals surface area (Å²) in [5.41, 5.74) is 6.54. The lowest BCUT2D eigenvalue weighted by molar-refractivity contribution is -0.141. The van der Waals surface area contributed by atoms with Crippen LogP contribution >= 0.6 is 0 Å². The van der Waals surface area contributed by atoms with Crippen molar-refractivity contribution in [2.75, 3.05) is 6.61 Å². The minimum atomic E-state index is -0.432. The van der Waals surface area contributed by atoms with Gasteiger partial charge in [-0.25, -0.2) is 0 Å². The summed E-state index contributed by atoms with van der Waals surface area (Å²) >= 11 is 0. The highest BCUT2D eigenvalue weighted by Gasteiger charge is 2.16. The van der Waals surface area contributed by atoms with E-state index in [1.807, 2.05) is 58.0 Å². The van der Waals surface area contributed by atoms with Crippen molar-refractivity contribution in [2.45, 2.75) is 47.0 Å². The van der Waals surface area contributed by atoms with Crippen LogP contribution in [-0.2, 0) is 28.8 Å². The first-order valence-corrected chi connectivity index (χ1v) is 9.70. The molecule has 0 spiro atoms. The van der Waals surface area contributed by atoms with Crippen molar-refractivity contribution in [1.29, 1.82) is 0 Å². The summed E-state index contributed by atoms with van der Waals surface area (Å²) < 4.78 is 10.8. The predicted octanol–water partition coefficient (Wildman–Crippen LogP) is 5.14. The van der Waals surface area contributed by atoms with Gasteiger partial charge in [0.05, 0.1) is 12.7 Å². The Bertz CT molecular complexity index is 1030. The number of aryl methyl sites for hydroxylation is 4. The summed E-state index contributed by atoms with van der Waals surface area (Å²) in [4.78, 5) is 24.9. The minimum Gasteiger partial charge on any atom is -0.464 e. The van der Waals surface area contributed by atoms with Crippen LogP contribution in [0.5, 0.6) is 0 Å². The molecular formula is C24H26O4. The van der Waals surface area contributed by atoms with Crippen molar-refractivity contribution >= 4 is 22.7 Å². The number of carbonyl (C=O) groups excluding carboxylic acids is 2. The average molecular weight is 378 g/mol. The number of ketones is 1. The van der Waals surface area contributed by atoms with Gasteiger partial charge in [-0.05, 0) is 67.1 Å². The van der Waals surface area contributed by atoms with Crippen molar-refractivity contribution in [2.24, 2.45) is 0 Å². The van der Waals surface area contributed by atoms with Crippen LogP contribution in [0.4, 0.5) is 0 Å². The van der Waals surface area contributed by atoms with Crippen LogP contribution in [0.3, 0.4) is 0 Å². The lowest BCUT2D eigenvalue weighted by Crippen LogP contribution is -2.17. The van der Waals surface area contributed by atoms with E-state index in [0.717, 1.165) is 51.6 Å². The normalized spacial score (nSPS) is 11.0. The Labute approximate surface area is 165 Å². The van der Waals surface area contributed by atoms with E-state index >= 15 is 0 Å². The molecule has 28 heavy (non-hydrogen) atoms. The van der Waals surface area contributed by atoms with E-state index in [4.69, 9.17) is 9.15 Å². The standard InChI is InChI=1S/C24H26O4/c1-5-17-7-8-18(6-2)20(11-17)22(25)14-28-24(26)12-19-13-27-23-10-16(4)15(3)9-21(19)23/h7-11,13H,5-6,12,14H2,1-4H3. The van der Waals surface area contributed by atoms with Gasteiger partial charge in [0.15, 0.2) is 6.61 Å². The van der Waals surface area contributed by atoms with E-state index in [9.17, 15) is 9.59 Å². The molecule has 2 aromatic carbocycles. The van der Waals surface area contributed by atoms with E-state index in [1.165, 1.54) is 0 Å². The summed E-state index contributed by atoms with van der Waals surface area (Å²) in [6, 6.07) is 9.91. The number of hydrogen-bond donors (Lipinski definition) is 0. The van der Waals surface area contributed by atoms with E-state index < -0.39 is 5.97 Å². The number of esters is 1. The molecule has 0 N–H and O–H groups in total. The summed E-state index contributed by atoms with van der Waals surface area (Å²) in [7, 11) is 0. The molecule has 0 fully saturated rings. The third kappa shape index (κ3) is 4.16. The quantitative estimate of drug-likeness (QED) is 0.422. The molecule has 1 heterocycles. The second kappa shape index (κ2) is 8.42. The van der Waals surface area contributed by atoms with Crippen molar-refractivity contribution in [3.05, 3.63) is 70.0 Å². The van der Waals surface area contributed by atoms with Crippen molar-refractivity contribution < 1.29 is 18.7 Å². The number of benzene rings is 2. The Morgan fingerprint density at radius 2 is 1.71 bits per heavy atom. The fourth-order valence-corrected chi connectivity index (χ4v) is 3.31. The first-order valence-electron chi connectivity index (χ1n) is 9.70. The van der Waals surface area contributed by atoms with Crippen LogP contribution in [0.25, 0.3) is 11.0 Å². The number of rotatable bonds is 7. The molecule has 0 atom stereocenters. The van der Waals surface area contributed by atoms with Crippen LogP contribution in [0.2, 0.25) is 0 Å². The first-order chi connectivity index (χ1) is 13.4. The summed E-state index contributed by atoms with van der Waals surface area (Å²) in [6.45, 7) is 7.87. The van der Waals surface area contributed by atoms with E-state index in [0.29, 0.717) is 5.56 Å². The van der Waals surface area contributed by atoms with Gasteiger partial charge in [0, 0.05) is 16.5 Å². The van der Waals surface area contributed by atoms with E-state index in [2.05, 4.69) is 0 Å². The van der Waals surface area contributed by atoms with Gasteiger partial charge in [-0.3, -0.25) is 9.59 Å². The predicted molar refractivity (Wildman–Crippen MR) is 110 cm³/mol. The average Bonchev–Trinajstić information content (AvgIpc) is 3.07. The monoisotopic (exact) mass is 378 g/mol. The number of ether oxygens (including phenoxy) is 1. The molecular weight excluding hydrogens is 352 g/mol. The molecule has 0 bridgehead atoms. The summed E-state index contributed by atoms with van der Waals surface area (Å²) in [5, 5.41) is 0.912. The third-order valence-electron chi connectivity index (χ3n) is 5.23. The summed E-state index contributed by atoms with van der Waals surface area (Å²) in [5.74, 6) is -0.594. The van der Waals surface area contributed by atoms with Crippen LogP contribution in [0.1, 0.15) is 52.0 Å². The molecule has 0 unspecified atom stereocenters. The molecule has 4 nitrogen and oxygen atoms in total. The van der Waals surface area contributed by atoms with Gasteiger partial charge < -0.3 is 9.15 Å². The number of carbonyl (C=O) groups is 2. The second-order valence-corrected chi connectivity index (χ2v) is 7.15. The fourth-order valence-electron chi connectivity index (χ4n) is 3.31. The van der Waals surface area contributed by atoms with Crippen LogP contribution in [-0.4, -0.2) is 18.4 Å². The van der Waals surface area contributed by atoms with Crippen molar-refractivity contribution in [3.63, 3.8) is 0 Å². The number of hydrogen-bond acceptors (Lipinski definition) is 4. The van der Waals surface area contributed by atoms with Gasteiger partial charge in [0.2, 0.25) is 5.78 Å². The Morgan fingerprint density at radius 1 is 0.964 bits per heavy atom. The van der Waals surface area contributed by atoms with E-state index in [1.54, 1.807) is 6.26 Å². The molecule has 0 aliphatic carbocycles.